The Kier molecular flexibility index (Phi) is 8.80. The first-order valence-electron chi connectivity index (χ1n) is 6.42. The van der Waals surface area contributed by atoms with E-state index >= 15 is 0 Å². The van der Waals surface area contributed by atoms with Crippen LogP contribution in [-0.2, 0) is 10.0 Å². The molecule has 1 aromatic carbocycles. The molecule has 0 aromatic heterocycles. The molecule has 3 N–H and O–H groups in total. The lowest BCUT2D eigenvalue weighted by Crippen LogP contribution is -2.25. The average Bonchev–Trinajstić information content (AvgIpc) is 2.35. The smallest absolute Gasteiger partial charge is 0.240 e. The van der Waals surface area contributed by atoms with Crippen molar-refractivity contribution >= 4 is 22.4 Å². The summed E-state index contributed by atoms with van der Waals surface area (Å²) in [6, 6.07) is 6.41. The molecule has 0 aliphatic rings. The highest BCUT2D eigenvalue weighted by molar-refractivity contribution is 7.89. The molecule has 0 atom stereocenters. The second-order valence-electron chi connectivity index (χ2n) is 4.53. The topological polar surface area (TPSA) is 81.4 Å². The SMILES string of the molecule is CC(C)Oc1ccc(S(=O)(=O)NCCCCN)cc1.Cl. The van der Waals surface area contributed by atoms with Crippen LogP contribution in [0.2, 0.25) is 0 Å². The molecule has 0 radical (unpaired) electrons. The Balaban J connectivity index is 0.00000361. The van der Waals surface area contributed by atoms with Crippen molar-refractivity contribution in [1.82, 2.24) is 4.72 Å². The van der Waals surface area contributed by atoms with Gasteiger partial charge in [0.05, 0.1) is 11.0 Å². The van der Waals surface area contributed by atoms with Crippen molar-refractivity contribution in [3.8, 4) is 5.75 Å². The lowest BCUT2D eigenvalue weighted by molar-refractivity contribution is 0.242. The average molecular weight is 323 g/mol. The van der Waals surface area contributed by atoms with Crippen molar-refractivity contribution in [2.75, 3.05) is 13.1 Å². The highest BCUT2D eigenvalue weighted by Gasteiger charge is 2.13. The number of hydrogen-bond donors (Lipinski definition) is 2. The summed E-state index contributed by atoms with van der Waals surface area (Å²) in [5, 5.41) is 0. The van der Waals surface area contributed by atoms with E-state index in [9.17, 15) is 8.42 Å². The standard InChI is InChI=1S/C13H22N2O3S.ClH/c1-11(2)18-12-5-7-13(8-6-12)19(16,17)15-10-4-3-9-14;/h5-8,11,15H,3-4,9-10,14H2,1-2H3;1H. The number of nitrogens with two attached hydrogens (primary N) is 1. The summed E-state index contributed by atoms with van der Waals surface area (Å²) >= 11 is 0. The second kappa shape index (κ2) is 9.18. The second-order valence-corrected chi connectivity index (χ2v) is 6.30. The number of halogens is 1. The summed E-state index contributed by atoms with van der Waals surface area (Å²) in [5.74, 6) is 0.664. The molecule has 20 heavy (non-hydrogen) atoms. The number of unbranched alkanes of at least 4 members (excludes halogenated alkanes) is 1. The van der Waals surface area contributed by atoms with Gasteiger partial charge in [0.15, 0.2) is 0 Å². The Bertz CT molecular complexity index is 475. The van der Waals surface area contributed by atoms with E-state index < -0.39 is 10.0 Å². The van der Waals surface area contributed by atoms with Crippen LogP contribution in [0.25, 0.3) is 0 Å². The molecular weight excluding hydrogens is 300 g/mol. The number of sulfonamides is 1. The lowest BCUT2D eigenvalue weighted by Gasteiger charge is -2.10. The molecule has 0 aliphatic carbocycles. The molecule has 0 spiro atoms. The van der Waals surface area contributed by atoms with Gasteiger partial charge in [0.2, 0.25) is 10.0 Å². The minimum atomic E-state index is -3.43. The molecule has 0 fully saturated rings. The normalized spacial score (nSPS) is 11.2. The molecule has 0 saturated heterocycles. The van der Waals surface area contributed by atoms with Gasteiger partial charge in [-0.1, -0.05) is 0 Å². The maximum atomic E-state index is 11.9. The molecule has 5 nitrogen and oxygen atoms in total. The third-order valence-corrected chi connectivity index (χ3v) is 3.91. The van der Waals surface area contributed by atoms with Crippen molar-refractivity contribution < 1.29 is 13.2 Å². The maximum absolute atomic E-state index is 11.9. The first kappa shape index (κ1) is 19.2. The largest absolute Gasteiger partial charge is 0.491 e. The van der Waals surface area contributed by atoms with Crippen LogP contribution in [0.3, 0.4) is 0 Å². The third kappa shape index (κ3) is 6.56. The molecule has 1 rings (SSSR count). The van der Waals surface area contributed by atoms with E-state index in [1.54, 1.807) is 24.3 Å². The van der Waals surface area contributed by atoms with E-state index in [4.69, 9.17) is 10.5 Å². The van der Waals surface area contributed by atoms with E-state index in [0.29, 0.717) is 18.8 Å². The van der Waals surface area contributed by atoms with Crippen molar-refractivity contribution in [3.05, 3.63) is 24.3 Å². The van der Waals surface area contributed by atoms with E-state index in [1.165, 1.54) is 0 Å². The summed E-state index contributed by atoms with van der Waals surface area (Å²) in [7, 11) is -3.43. The van der Waals surface area contributed by atoms with Crippen molar-refractivity contribution in [2.24, 2.45) is 5.73 Å². The molecule has 7 heteroatoms. The van der Waals surface area contributed by atoms with Gasteiger partial charge in [0.1, 0.15) is 5.75 Å². The van der Waals surface area contributed by atoms with Crippen LogP contribution in [-0.4, -0.2) is 27.6 Å². The Morgan fingerprint density at radius 2 is 1.80 bits per heavy atom. The summed E-state index contributed by atoms with van der Waals surface area (Å²) in [6.07, 6.45) is 1.62. The van der Waals surface area contributed by atoms with E-state index in [-0.39, 0.29) is 23.4 Å². The van der Waals surface area contributed by atoms with Crippen LogP contribution < -0.4 is 15.2 Å². The van der Waals surface area contributed by atoms with Crippen LogP contribution >= 0.6 is 12.4 Å². The van der Waals surface area contributed by atoms with Gasteiger partial charge in [0, 0.05) is 6.54 Å². The Morgan fingerprint density at radius 1 is 1.20 bits per heavy atom. The summed E-state index contributed by atoms with van der Waals surface area (Å²) in [5.41, 5.74) is 5.35. The fourth-order valence-corrected chi connectivity index (χ4v) is 2.60. The first-order valence-corrected chi connectivity index (χ1v) is 7.90. The molecule has 0 unspecified atom stereocenters. The minimum Gasteiger partial charge on any atom is -0.491 e. The molecule has 0 amide bonds. The summed E-state index contributed by atoms with van der Waals surface area (Å²) in [6.45, 7) is 4.82. The van der Waals surface area contributed by atoms with Gasteiger partial charge in [0.25, 0.3) is 0 Å². The Morgan fingerprint density at radius 3 is 2.30 bits per heavy atom. The van der Waals surface area contributed by atoms with Crippen LogP contribution in [0.4, 0.5) is 0 Å². The number of rotatable bonds is 8. The minimum absolute atomic E-state index is 0. The third-order valence-electron chi connectivity index (χ3n) is 2.43. The molecule has 0 saturated carbocycles. The molecule has 0 aliphatic heterocycles. The number of nitrogens with one attached hydrogen (secondary N) is 1. The van der Waals surface area contributed by atoms with Crippen LogP contribution in [0, 0.1) is 0 Å². The lowest BCUT2D eigenvalue weighted by atomic mass is 10.3. The van der Waals surface area contributed by atoms with Gasteiger partial charge in [-0.15, -0.1) is 12.4 Å². The van der Waals surface area contributed by atoms with Gasteiger partial charge in [-0.2, -0.15) is 0 Å². The van der Waals surface area contributed by atoms with Crippen molar-refractivity contribution in [2.45, 2.75) is 37.7 Å². The van der Waals surface area contributed by atoms with Gasteiger partial charge < -0.3 is 10.5 Å². The zero-order valence-corrected chi connectivity index (χ0v) is 13.5. The fourth-order valence-electron chi connectivity index (χ4n) is 1.53. The molecule has 0 heterocycles. The summed E-state index contributed by atoms with van der Waals surface area (Å²) < 4.78 is 31.9. The Hall–Kier alpha value is -0.820. The fraction of sp³-hybridized carbons (Fsp3) is 0.538. The summed E-state index contributed by atoms with van der Waals surface area (Å²) in [4.78, 5) is 0.247. The van der Waals surface area contributed by atoms with Gasteiger partial charge >= 0.3 is 0 Å². The van der Waals surface area contributed by atoms with Gasteiger partial charge in [-0.05, 0) is 57.5 Å². The quantitative estimate of drug-likeness (QED) is 0.716. The van der Waals surface area contributed by atoms with Crippen LogP contribution in [0.1, 0.15) is 26.7 Å². The maximum Gasteiger partial charge on any atom is 0.240 e. The number of benzene rings is 1. The van der Waals surface area contributed by atoms with Gasteiger partial charge in [-0.3, -0.25) is 0 Å². The molecule has 116 valence electrons. The molecular formula is C13H23ClN2O3S. The molecule has 1 aromatic rings. The highest BCUT2D eigenvalue weighted by Crippen LogP contribution is 2.16. The highest BCUT2D eigenvalue weighted by atomic mass is 35.5. The number of ether oxygens (including phenoxy) is 1. The molecule has 0 bridgehead atoms. The van der Waals surface area contributed by atoms with Crippen molar-refractivity contribution in [1.29, 1.82) is 0 Å². The first-order chi connectivity index (χ1) is 8.95. The van der Waals surface area contributed by atoms with Crippen LogP contribution in [0.15, 0.2) is 29.2 Å². The predicted octanol–water partition coefficient (Wildman–Crippen LogP) is 1.91. The van der Waals surface area contributed by atoms with Crippen LogP contribution in [0.5, 0.6) is 5.75 Å². The van der Waals surface area contributed by atoms with Crippen molar-refractivity contribution in [3.63, 3.8) is 0 Å². The van der Waals surface area contributed by atoms with E-state index in [0.717, 1.165) is 12.8 Å². The number of hydrogen-bond acceptors (Lipinski definition) is 4. The zero-order valence-electron chi connectivity index (χ0n) is 11.8. The Labute approximate surface area is 127 Å². The zero-order chi connectivity index (χ0) is 14.3. The van der Waals surface area contributed by atoms with E-state index in [1.807, 2.05) is 13.8 Å². The monoisotopic (exact) mass is 322 g/mol. The van der Waals surface area contributed by atoms with Gasteiger partial charge in [-0.25, -0.2) is 13.1 Å². The van der Waals surface area contributed by atoms with E-state index in [2.05, 4.69) is 4.72 Å². The predicted molar refractivity (Wildman–Crippen MR) is 82.9 cm³/mol.